The molecule has 0 amide bonds. The van der Waals surface area contributed by atoms with Gasteiger partial charge in [-0.05, 0) is 50.6 Å². The highest BCUT2D eigenvalue weighted by molar-refractivity contribution is 7.91. The van der Waals surface area contributed by atoms with Crippen molar-refractivity contribution in [3.63, 3.8) is 0 Å². The van der Waals surface area contributed by atoms with Gasteiger partial charge in [-0.3, -0.25) is 0 Å². The standard InChI is InChI=1S/C14H29NO2S/c1-4-8-15-11-12(2)9-13-6-5-7-14(10-13)18(3,16)17/h12-15H,4-11H2,1-3H3. The summed E-state index contributed by atoms with van der Waals surface area (Å²) in [6, 6.07) is 0. The van der Waals surface area contributed by atoms with Gasteiger partial charge in [-0.25, -0.2) is 8.42 Å². The zero-order valence-electron chi connectivity index (χ0n) is 12.1. The van der Waals surface area contributed by atoms with E-state index in [2.05, 4.69) is 19.2 Å². The highest BCUT2D eigenvalue weighted by Gasteiger charge is 2.29. The molecule has 1 saturated carbocycles. The summed E-state index contributed by atoms with van der Waals surface area (Å²) in [5, 5.41) is 3.37. The van der Waals surface area contributed by atoms with Crippen molar-refractivity contribution < 1.29 is 8.42 Å². The normalized spacial score (nSPS) is 27.1. The molecule has 1 aliphatic carbocycles. The lowest BCUT2D eigenvalue weighted by atomic mass is 9.83. The van der Waals surface area contributed by atoms with E-state index in [0.29, 0.717) is 11.8 Å². The van der Waals surface area contributed by atoms with Crippen LogP contribution in [-0.2, 0) is 9.84 Å². The largest absolute Gasteiger partial charge is 0.316 e. The Bertz CT molecular complexity index is 327. The second-order valence-corrected chi connectivity index (χ2v) is 8.35. The molecule has 0 heterocycles. The summed E-state index contributed by atoms with van der Waals surface area (Å²) in [6.45, 7) is 6.59. The summed E-state index contributed by atoms with van der Waals surface area (Å²) in [7, 11) is -2.83. The van der Waals surface area contributed by atoms with Crippen molar-refractivity contribution in [3.8, 4) is 0 Å². The Morgan fingerprint density at radius 3 is 2.67 bits per heavy atom. The van der Waals surface area contributed by atoms with Crippen LogP contribution >= 0.6 is 0 Å². The van der Waals surface area contributed by atoms with Crippen molar-refractivity contribution in [1.82, 2.24) is 5.32 Å². The lowest BCUT2D eigenvalue weighted by molar-refractivity contribution is 0.292. The molecule has 1 fully saturated rings. The zero-order valence-corrected chi connectivity index (χ0v) is 12.9. The van der Waals surface area contributed by atoms with Crippen LogP contribution in [0, 0.1) is 11.8 Å². The first kappa shape index (κ1) is 16.0. The highest BCUT2D eigenvalue weighted by Crippen LogP contribution is 2.32. The predicted molar refractivity (Wildman–Crippen MR) is 77.5 cm³/mol. The number of nitrogens with one attached hydrogen (secondary N) is 1. The van der Waals surface area contributed by atoms with Crippen LogP contribution in [-0.4, -0.2) is 33.0 Å². The van der Waals surface area contributed by atoms with E-state index in [1.165, 1.54) is 25.5 Å². The molecule has 3 nitrogen and oxygen atoms in total. The summed E-state index contributed by atoms with van der Waals surface area (Å²) < 4.78 is 23.2. The predicted octanol–water partition coefficient (Wildman–Crippen LogP) is 2.62. The molecule has 1 rings (SSSR count). The van der Waals surface area contributed by atoms with Gasteiger partial charge < -0.3 is 5.32 Å². The third-order valence-corrected chi connectivity index (χ3v) is 5.63. The maximum absolute atomic E-state index is 11.6. The van der Waals surface area contributed by atoms with Crippen molar-refractivity contribution in [3.05, 3.63) is 0 Å². The molecule has 3 atom stereocenters. The van der Waals surface area contributed by atoms with E-state index in [1.807, 2.05) is 0 Å². The van der Waals surface area contributed by atoms with Gasteiger partial charge in [-0.15, -0.1) is 0 Å². The fourth-order valence-corrected chi connectivity index (χ4v) is 4.24. The van der Waals surface area contributed by atoms with Crippen molar-refractivity contribution in [2.24, 2.45) is 11.8 Å². The van der Waals surface area contributed by atoms with Crippen LogP contribution in [0.3, 0.4) is 0 Å². The van der Waals surface area contributed by atoms with Crippen LogP contribution in [0.15, 0.2) is 0 Å². The molecule has 0 aliphatic heterocycles. The van der Waals surface area contributed by atoms with E-state index in [9.17, 15) is 8.42 Å². The number of hydrogen-bond acceptors (Lipinski definition) is 3. The van der Waals surface area contributed by atoms with Crippen LogP contribution in [0.25, 0.3) is 0 Å². The zero-order chi connectivity index (χ0) is 13.6. The first-order chi connectivity index (χ1) is 8.43. The van der Waals surface area contributed by atoms with Crippen molar-refractivity contribution in [1.29, 1.82) is 0 Å². The van der Waals surface area contributed by atoms with Crippen LogP contribution < -0.4 is 5.32 Å². The molecule has 4 heteroatoms. The second kappa shape index (κ2) is 7.49. The quantitative estimate of drug-likeness (QED) is 0.727. The Morgan fingerprint density at radius 1 is 1.33 bits per heavy atom. The van der Waals surface area contributed by atoms with E-state index in [-0.39, 0.29) is 5.25 Å². The van der Waals surface area contributed by atoms with Gasteiger partial charge in [0.05, 0.1) is 5.25 Å². The maximum Gasteiger partial charge on any atom is 0.150 e. The molecule has 1 aliphatic rings. The van der Waals surface area contributed by atoms with E-state index in [0.717, 1.165) is 32.4 Å². The fraction of sp³-hybridized carbons (Fsp3) is 1.00. The molecule has 1 N–H and O–H groups in total. The average molecular weight is 275 g/mol. The topological polar surface area (TPSA) is 46.2 Å². The number of sulfone groups is 1. The van der Waals surface area contributed by atoms with Crippen molar-refractivity contribution in [2.75, 3.05) is 19.3 Å². The molecule has 18 heavy (non-hydrogen) atoms. The second-order valence-electron chi connectivity index (χ2n) is 6.03. The Balaban J connectivity index is 2.33. The van der Waals surface area contributed by atoms with Crippen molar-refractivity contribution >= 4 is 9.84 Å². The highest BCUT2D eigenvalue weighted by atomic mass is 32.2. The average Bonchev–Trinajstić information content (AvgIpc) is 2.28. The van der Waals surface area contributed by atoms with Gasteiger partial charge in [0, 0.05) is 6.26 Å². The van der Waals surface area contributed by atoms with Gasteiger partial charge in [-0.1, -0.05) is 26.7 Å². The van der Waals surface area contributed by atoms with Gasteiger partial charge in [0.25, 0.3) is 0 Å². The molecule has 0 aromatic rings. The molecule has 3 unspecified atom stereocenters. The smallest absolute Gasteiger partial charge is 0.150 e. The lowest BCUT2D eigenvalue weighted by Crippen LogP contribution is -2.30. The summed E-state index contributed by atoms with van der Waals surface area (Å²) >= 11 is 0. The van der Waals surface area contributed by atoms with Gasteiger partial charge in [0.1, 0.15) is 9.84 Å². The van der Waals surface area contributed by atoms with Gasteiger partial charge in [0.2, 0.25) is 0 Å². The fourth-order valence-electron chi connectivity index (χ4n) is 3.02. The minimum absolute atomic E-state index is 0.0768. The molecule has 0 aromatic carbocycles. The van der Waals surface area contributed by atoms with Gasteiger partial charge in [0.15, 0.2) is 0 Å². The third kappa shape index (κ3) is 5.70. The van der Waals surface area contributed by atoms with Gasteiger partial charge in [-0.2, -0.15) is 0 Å². The number of rotatable bonds is 7. The molecule has 108 valence electrons. The number of hydrogen-bond donors (Lipinski definition) is 1. The summed E-state index contributed by atoms with van der Waals surface area (Å²) in [5.41, 5.74) is 0. The van der Waals surface area contributed by atoms with Crippen LogP contribution in [0.5, 0.6) is 0 Å². The minimum atomic E-state index is -2.83. The van der Waals surface area contributed by atoms with Crippen LogP contribution in [0.2, 0.25) is 0 Å². The minimum Gasteiger partial charge on any atom is -0.316 e. The Labute approximate surface area is 113 Å². The van der Waals surface area contributed by atoms with Crippen LogP contribution in [0.4, 0.5) is 0 Å². The van der Waals surface area contributed by atoms with E-state index < -0.39 is 9.84 Å². The Kier molecular flexibility index (Phi) is 6.64. The Morgan fingerprint density at radius 2 is 2.06 bits per heavy atom. The monoisotopic (exact) mass is 275 g/mol. The summed E-state index contributed by atoms with van der Waals surface area (Å²) in [4.78, 5) is 0. The van der Waals surface area contributed by atoms with E-state index >= 15 is 0 Å². The van der Waals surface area contributed by atoms with Crippen LogP contribution in [0.1, 0.15) is 52.4 Å². The summed E-state index contributed by atoms with van der Waals surface area (Å²) in [5.74, 6) is 1.26. The van der Waals surface area contributed by atoms with E-state index in [4.69, 9.17) is 0 Å². The molecule has 0 spiro atoms. The SMILES string of the molecule is CCCNCC(C)CC1CCCC(S(C)(=O)=O)C1. The molecular formula is C14H29NO2S. The van der Waals surface area contributed by atoms with E-state index in [1.54, 1.807) is 0 Å². The van der Waals surface area contributed by atoms with Crippen molar-refractivity contribution in [2.45, 2.75) is 57.6 Å². The Hall–Kier alpha value is -0.0900. The molecule has 0 saturated heterocycles. The first-order valence-electron chi connectivity index (χ1n) is 7.33. The maximum atomic E-state index is 11.6. The third-order valence-electron chi connectivity index (χ3n) is 4.00. The molecule has 0 aromatic heterocycles. The van der Waals surface area contributed by atoms with Gasteiger partial charge >= 0.3 is 0 Å². The molecule has 0 radical (unpaired) electrons. The molecular weight excluding hydrogens is 246 g/mol. The first-order valence-corrected chi connectivity index (χ1v) is 9.28. The molecule has 0 bridgehead atoms. The lowest BCUT2D eigenvalue weighted by Gasteiger charge is -2.29. The summed E-state index contributed by atoms with van der Waals surface area (Å²) in [6.07, 6.45) is 7.79.